The van der Waals surface area contributed by atoms with Crippen molar-refractivity contribution in [3.63, 3.8) is 0 Å². The predicted molar refractivity (Wildman–Crippen MR) is 105 cm³/mol. The van der Waals surface area contributed by atoms with Gasteiger partial charge >= 0.3 is 0 Å². The molecule has 3 aromatic rings. The van der Waals surface area contributed by atoms with Crippen LogP contribution in [0.25, 0.3) is 10.9 Å². The molecule has 3 N–H and O–H groups in total. The number of hydrogen-bond donors (Lipinski definition) is 3. The van der Waals surface area contributed by atoms with Gasteiger partial charge in [-0.1, -0.05) is 12.1 Å². The van der Waals surface area contributed by atoms with Crippen LogP contribution in [0.15, 0.2) is 35.4 Å². The van der Waals surface area contributed by atoms with Gasteiger partial charge in [-0.05, 0) is 19.1 Å². The first-order chi connectivity index (χ1) is 10.7. The van der Waals surface area contributed by atoms with Crippen LogP contribution in [0.2, 0.25) is 0 Å². The van der Waals surface area contributed by atoms with Crippen molar-refractivity contribution < 1.29 is 0 Å². The molecule has 0 radical (unpaired) electrons. The molecule has 0 aliphatic rings. The van der Waals surface area contributed by atoms with E-state index in [-0.39, 0.29) is 30.4 Å². The number of benzene rings is 1. The Morgan fingerprint density at radius 2 is 2.04 bits per heavy atom. The Labute approximate surface area is 156 Å². The van der Waals surface area contributed by atoms with Crippen LogP contribution >= 0.6 is 36.6 Å². The summed E-state index contributed by atoms with van der Waals surface area (Å²) in [5.74, 6) is 2.33. The largest absolute Gasteiger partial charge is 0.355 e. The Balaban J connectivity index is 0.00000144. The van der Waals surface area contributed by atoms with Gasteiger partial charge in [0.15, 0.2) is 0 Å². The van der Waals surface area contributed by atoms with Gasteiger partial charge in [-0.15, -0.1) is 24.8 Å². The van der Waals surface area contributed by atoms with Crippen molar-refractivity contribution in [3.05, 3.63) is 52.3 Å². The molecule has 0 fully saturated rings. The summed E-state index contributed by atoms with van der Waals surface area (Å²) in [6.07, 6.45) is 1.72. The van der Waals surface area contributed by atoms with E-state index in [2.05, 4.69) is 25.3 Å². The van der Waals surface area contributed by atoms with Crippen molar-refractivity contribution in [2.24, 2.45) is 0 Å². The maximum Gasteiger partial charge on any atom is 0.282 e. The van der Waals surface area contributed by atoms with Gasteiger partial charge in [0.2, 0.25) is 5.95 Å². The number of aromatic nitrogens is 4. The van der Waals surface area contributed by atoms with E-state index in [0.717, 1.165) is 35.0 Å². The third-order valence-corrected chi connectivity index (χ3v) is 4.33. The molecule has 0 aliphatic heterocycles. The molecule has 0 spiro atoms. The Kier molecular flexibility index (Phi) is 8.10. The molecular formula is C15H19Cl2N5OS. The van der Waals surface area contributed by atoms with Crippen molar-refractivity contribution in [1.29, 1.82) is 0 Å². The topological polar surface area (TPSA) is 86.5 Å². The minimum absolute atomic E-state index is 0. The Morgan fingerprint density at radius 3 is 2.79 bits per heavy atom. The van der Waals surface area contributed by atoms with E-state index in [1.165, 1.54) is 0 Å². The van der Waals surface area contributed by atoms with Crippen LogP contribution < -0.4 is 10.9 Å². The highest BCUT2D eigenvalue weighted by molar-refractivity contribution is 7.98. The lowest BCUT2D eigenvalue weighted by molar-refractivity contribution is 1.09. The average Bonchev–Trinajstić information content (AvgIpc) is 2.92. The summed E-state index contributed by atoms with van der Waals surface area (Å²) in [5.41, 5.74) is 2.78. The SMILES string of the molecule is Cc1nc[nH]c1CSCCNc1nc(=O)c2ccccc2[nH]1.Cl.Cl. The van der Waals surface area contributed by atoms with Crippen molar-refractivity contribution in [2.75, 3.05) is 17.6 Å². The van der Waals surface area contributed by atoms with E-state index in [9.17, 15) is 4.79 Å². The molecule has 0 atom stereocenters. The number of imidazole rings is 1. The summed E-state index contributed by atoms with van der Waals surface area (Å²) in [6.45, 7) is 2.73. The van der Waals surface area contributed by atoms with Crippen LogP contribution in [-0.2, 0) is 5.75 Å². The number of hydrogen-bond acceptors (Lipinski definition) is 5. The van der Waals surface area contributed by atoms with Crippen LogP contribution in [0.5, 0.6) is 0 Å². The molecule has 3 rings (SSSR count). The molecule has 0 saturated heterocycles. The Hall–Kier alpha value is -1.70. The predicted octanol–water partition coefficient (Wildman–Crippen LogP) is 3.14. The summed E-state index contributed by atoms with van der Waals surface area (Å²) in [5, 5.41) is 3.77. The second kappa shape index (κ2) is 9.56. The number of thioether (sulfide) groups is 1. The van der Waals surface area contributed by atoms with E-state index < -0.39 is 0 Å². The second-order valence-electron chi connectivity index (χ2n) is 4.88. The Morgan fingerprint density at radius 1 is 1.25 bits per heavy atom. The smallest absolute Gasteiger partial charge is 0.282 e. The summed E-state index contributed by atoms with van der Waals surface area (Å²) in [4.78, 5) is 26.3. The van der Waals surface area contributed by atoms with Gasteiger partial charge in [-0.3, -0.25) is 4.79 Å². The zero-order chi connectivity index (χ0) is 15.4. The maximum atomic E-state index is 11.9. The molecule has 6 nitrogen and oxygen atoms in total. The van der Waals surface area contributed by atoms with E-state index in [0.29, 0.717) is 11.3 Å². The summed E-state index contributed by atoms with van der Waals surface area (Å²) in [6, 6.07) is 7.37. The van der Waals surface area contributed by atoms with Gasteiger partial charge in [0.25, 0.3) is 5.56 Å². The number of nitrogens with one attached hydrogen (secondary N) is 3. The van der Waals surface area contributed by atoms with Gasteiger partial charge in [0.05, 0.1) is 22.9 Å². The molecule has 0 unspecified atom stereocenters. The first-order valence-electron chi connectivity index (χ1n) is 7.03. The fourth-order valence-electron chi connectivity index (χ4n) is 2.13. The minimum Gasteiger partial charge on any atom is -0.355 e. The first-order valence-corrected chi connectivity index (χ1v) is 8.19. The molecular weight excluding hydrogens is 369 g/mol. The fourth-order valence-corrected chi connectivity index (χ4v) is 3.02. The molecule has 24 heavy (non-hydrogen) atoms. The van der Waals surface area contributed by atoms with Crippen molar-refractivity contribution in [1.82, 2.24) is 19.9 Å². The number of para-hydroxylation sites is 1. The lowest BCUT2D eigenvalue weighted by atomic mass is 10.2. The summed E-state index contributed by atoms with van der Waals surface area (Å²) in [7, 11) is 0. The first kappa shape index (κ1) is 20.3. The van der Waals surface area contributed by atoms with E-state index >= 15 is 0 Å². The quantitative estimate of drug-likeness (QED) is 0.565. The third kappa shape index (κ3) is 4.90. The van der Waals surface area contributed by atoms with Gasteiger partial charge < -0.3 is 15.3 Å². The van der Waals surface area contributed by atoms with Crippen LogP contribution in [0.4, 0.5) is 5.95 Å². The molecule has 130 valence electrons. The van der Waals surface area contributed by atoms with E-state index in [4.69, 9.17) is 0 Å². The number of H-pyrrole nitrogens is 2. The zero-order valence-corrected chi connectivity index (χ0v) is 15.5. The number of aromatic amines is 2. The minimum atomic E-state index is -0.211. The highest BCUT2D eigenvalue weighted by atomic mass is 35.5. The van der Waals surface area contributed by atoms with E-state index in [1.54, 1.807) is 24.2 Å². The van der Waals surface area contributed by atoms with Crippen LogP contribution in [0, 0.1) is 6.92 Å². The second-order valence-corrected chi connectivity index (χ2v) is 5.99. The summed E-state index contributed by atoms with van der Waals surface area (Å²) >= 11 is 1.80. The third-order valence-electron chi connectivity index (χ3n) is 3.34. The number of anilines is 1. The van der Waals surface area contributed by atoms with Crippen LogP contribution in [-0.4, -0.2) is 32.2 Å². The van der Waals surface area contributed by atoms with Crippen molar-refractivity contribution in [3.8, 4) is 0 Å². The monoisotopic (exact) mass is 387 g/mol. The lowest BCUT2D eigenvalue weighted by Gasteiger charge is -2.06. The zero-order valence-electron chi connectivity index (χ0n) is 13.0. The lowest BCUT2D eigenvalue weighted by Crippen LogP contribution is -2.14. The van der Waals surface area contributed by atoms with Crippen LogP contribution in [0.3, 0.4) is 0 Å². The van der Waals surface area contributed by atoms with Gasteiger partial charge in [0.1, 0.15) is 0 Å². The highest BCUT2D eigenvalue weighted by Gasteiger charge is 2.03. The normalized spacial score (nSPS) is 10.0. The van der Waals surface area contributed by atoms with Gasteiger partial charge in [-0.25, -0.2) is 4.98 Å². The van der Waals surface area contributed by atoms with Crippen molar-refractivity contribution in [2.45, 2.75) is 12.7 Å². The molecule has 9 heteroatoms. The summed E-state index contributed by atoms with van der Waals surface area (Å²) < 4.78 is 0. The number of halogens is 2. The number of fused-ring (bicyclic) bond motifs is 1. The molecule has 2 heterocycles. The van der Waals surface area contributed by atoms with Crippen LogP contribution in [0.1, 0.15) is 11.4 Å². The van der Waals surface area contributed by atoms with Gasteiger partial charge in [-0.2, -0.15) is 16.7 Å². The number of nitrogens with zero attached hydrogens (tertiary/aromatic N) is 2. The van der Waals surface area contributed by atoms with Gasteiger partial charge in [0, 0.05) is 23.7 Å². The maximum absolute atomic E-state index is 11.9. The number of rotatable bonds is 6. The standard InChI is InChI=1S/C15H17N5OS.2ClH/c1-10-13(18-9-17-10)8-22-7-6-16-15-19-12-5-3-2-4-11(12)14(21)20-15;;/h2-5,9H,6-8H2,1H3,(H,17,18)(H2,16,19,20,21);2*1H. The van der Waals surface area contributed by atoms with Crippen molar-refractivity contribution >= 4 is 53.4 Å². The molecule has 0 aliphatic carbocycles. The Bertz CT molecular complexity index is 836. The molecule has 0 amide bonds. The molecule has 0 saturated carbocycles. The molecule has 2 aromatic heterocycles. The fraction of sp³-hybridized carbons (Fsp3) is 0.267. The molecule has 0 bridgehead atoms. The average molecular weight is 388 g/mol. The number of aryl methyl sites for hydroxylation is 1. The van der Waals surface area contributed by atoms with E-state index in [1.807, 2.05) is 25.1 Å². The highest BCUT2D eigenvalue weighted by Crippen LogP contribution is 2.12. The molecule has 1 aromatic carbocycles.